The van der Waals surface area contributed by atoms with Gasteiger partial charge in [0.25, 0.3) is 0 Å². The van der Waals surface area contributed by atoms with E-state index in [0.717, 1.165) is 6.42 Å². The van der Waals surface area contributed by atoms with Crippen molar-refractivity contribution < 1.29 is 17.4 Å². The van der Waals surface area contributed by atoms with E-state index in [0.29, 0.717) is 0 Å². The number of pyridine rings is 1. The first-order valence-electron chi connectivity index (χ1n) is 7.79. The van der Waals surface area contributed by atoms with E-state index in [1.807, 2.05) is 0 Å². The number of aromatic nitrogens is 1. The number of hydrogen-bond donors (Lipinski definition) is 0. The van der Waals surface area contributed by atoms with Gasteiger partial charge in [-0.15, -0.1) is 0 Å². The lowest BCUT2D eigenvalue weighted by Crippen LogP contribution is -3.00. The Morgan fingerprint density at radius 1 is 0.826 bits per heavy atom. The third kappa shape index (κ3) is 2.58. The summed E-state index contributed by atoms with van der Waals surface area (Å²) in [7, 11) is 0. The summed E-state index contributed by atoms with van der Waals surface area (Å²) in [6.07, 6.45) is 3.14. The molecule has 0 spiro atoms. The summed E-state index contributed by atoms with van der Waals surface area (Å²) in [6, 6.07) is 23.7. The highest BCUT2D eigenvalue weighted by molar-refractivity contribution is 6.07. The molecule has 0 atom stereocenters. The zero-order chi connectivity index (χ0) is 14.9. The van der Waals surface area contributed by atoms with E-state index in [4.69, 9.17) is 0 Å². The third-order valence-electron chi connectivity index (χ3n) is 4.36. The van der Waals surface area contributed by atoms with Crippen molar-refractivity contribution in [3.8, 4) is 11.1 Å². The Bertz CT molecular complexity index is 961. The van der Waals surface area contributed by atoms with E-state index in [9.17, 15) is 0 Å². The molecule has 114 valence electrons. The van der Waals surface area contributed by atoms with Crippen LogP contribution < -0.4 is 17.4 Å². The summed E-state index contributed by atoms with van der Waals surface area (Å²) in [6.45, 7) is 2.24. The maximum atomic E-state index is 3.40. The minimum absolute atomic E-state index is 0. The van der Waals surface area contributed by atoms with Gasteiger partial charge in [0.1, 0.15) is 0 Å². The van der Waals surface area contributed by atoms with Crippen LogP contribution in [0.1, 0.15) is 12.5 Å². The van der Waals surface area contributed by atoms with Crippen molar-refractivity contribution in [1.82, 2.24) is 0 Å². The number of halogens is 1. The van der Waals surface area contributed by atoms with Crippen LogP contribution in [0.15, 0.2) is 72.9 Å². The highest BCUT2D eigenvalue weighted by Gasteiger charge is 2.13. The van der Waals surface area contributed by atoms with Crippen LogP contribution in [0, 0.1) is 0 Å². The normalized spacial score (nSPS) is 10.7. The van der Waals surface area contributed by atoms with Crippen molar-refractivity contribution in [2.45, 2.75) is 13.3 Å². The van der Waals surface area contributed by atoms with Gasteiger partial charge in [0.15, 0.2) is 6.20 Å². The largest absolute Gasteiger partial charge is 1.00 e. The lowest BCUT2D eigenvalue weighted by Gasteiger charge is -2.12. The van der Waals surface area contributed by atoms with E-state index in [-0.39, 0.29) is 12.4 Å². The molecule has 0 aliphatic heterocycles. The standard InChI is InChI=1S/C21H17N.ClH/c1-2-17-18(15-8-4-3-5-9-15)13-12-16-14-22-20-11-7-6-10-19(20)21(16)17;/h3-14H,2H2,1H3;1H. The molecule has 1 nitrogen and oxygen atoms in total. The van der Waals surface area contributed by atoms with E-state index < -0.39 is 0 Å². The quantitative estimate of drug-likeness (QED) is 0.502. The van der Waals surface area contributed by atoms with Gasteiger partial charge in [-0.1, -0.05) is 55.5 Å². The molecule has 3 aromatic carbocycles. The molecule has 2 heteroatoms. The molecule has 0 aliphatic carbocycles. The number of aromatic amines is 1. The Hall–Kier alpha value is -2.38. The van der Waals surface area contributed by atoms with Crippen molar-refractivity contribution in [3.05, 3.63) is 78.5 Å². The molecule has 0 saturated carbocycles. The van der Waals surface area contributed by atoms with Crippen molar-refractivity contribution >= 4 is 21.7 Å². The third-order valence-corrected chi connectivity index (χ3v) is 4.36. The molecule has 0 saturated heterocycles. The SMILES string of the molecule is CCc1c(-c2ccccc2)ccc2c[nH+]c3ccccc3c12.[Cl-]. The van der Waals surface area contributed by atoms with Gasteiger partial charge in [0, 0.05) is 16.8 Å². The molecular formula is C21H18ClN. The number of nitrogens with one attached hydrogen (secondary N) is 1. The van der Waals surface area contributed by atoms with Crippen LogP contribution in [0.3, 0.4) is 0 Å². The Morgan fingerprint density at radius 2 is 1.57 bits per heavy atom. The predicted molar refractivity (Wildman–Crippen MR) is 92.8 cm³/mol. The van der Waals surface area contributed by atoms with Crippen LogP contribution in [0.25, 0.3) is 32.8 Å². The summed E-state index contributed by atoms with van der Waals surface area (Å²) < 4.78 is 0. The van der Waals surface area contributed by atoms with Gasteiger partial charge in [-0.05, 0) is 35.2 Å². The van der Waals surface area contributed by atoms with Gasteiger partial charge in [-0.25, -0.2) is 4.98 Å². The highest BCUT2D eigenvalue weighted by Crippen LogP contribution is 2.33. The second kappa shape index (κ2) is 6.39. The molecule has 1 N–H and O–H groups in total. The van der Waals surface area contributed by atoms with Gasteiger partial charge < -0.3 is 12.4 Å². The average Bonchev–Trinajstić information content (AvgIpc) is 2.61. The molecular weight excluding hydrogens is 302 g/mol. The van der Waals surface area contributed by atoms with Crippen LogP contribution >= 0.6 is 0 Å². The molecule has 0 fully saturated rings. The van der Waals surface area contributed by atoms with Gasteiger partial charge in [-0.2, -0.15) is 0 Å². The Balaban J connectivity index is 0.00000156. The maximum absolute atomic E-state index is 3.40. The van der Waals surface area contributed by atoms with Crippen LogP contribution in [0.4, 0.5) is 0 Å². The molecule has 0 unspecified atom stereocenters. The number of benzene rings is 3. The Morgan fingerprint density at radius 3 is 2.35 bits per heavy atom. The van der Waals surface area contributed by atoms with Crippen molar-refractivity contribution in [3.63, 3.8) is 0 Å². The van der Waals surface area contributed by atoms with E-state index in [2.05, 4.69) is 84.8 Å². The van der Waals surface area contributed by atoms with E-state index >= 15 is 0 Å². The maximum Gasteiger partial charge on any atom is 0.211 e. The van der Waals surface area contributed by atoms with E-state index in [1.165, 1.54) is 38.4 Å². The lowest BCUT2D eigenvalue weighted by molar-refractivity contribution is -0.342. The van der Waals surface area contributed by atoms with Crippen LogP contribution in [0.2, 0.25) is 0 Å². The number of para-hydroxylation sites is 1. The second-order valence-corrected chi connectivity index (χ2v) is 5.61. The smallest absolute Gasteiger partial charge is 0.211 e. The fourth-order valence-corrected chi connectivity index (χ4v) is 3.34. The summed E-state index contributed by atoms with van der Waals surface area (Å²) >= 11 is 0. The number of fused-ring (bicyclic) bond motifs is 3. The second-order valence-electron chi connectivity index (χ2n) is 5.61. The minimum Gasteiger partial charge on any atom is -1.00 e. The zero-order valence-electron chi connectivity index (χ0n) is 13.0. The van der Waals surface area contributed by atoms with Crippen LogP contribution in [-0.2, 0) is 6.42 Å². The number of aryl methyl sites for hydroxylation is 1. The molecule has 1 heterocycles. The summed E-state index contributed by atoms with van der Waals surface area (Å²) in [5, 5.41) is 3.95. The first kappa shape index (κ1) is 15.5. The summed E-state index contributed by atoms with van der Waals surface area (Å²) in [5.41, 5.74) is 5.24. The molecule has 0 radical (unpaired) electrons. The van der Waals surface area contributed by atoms with E-state index in [1.54, 1.807) is 0 Å². The molecule has 4 aromatic rings. The predicted octanol–water partition coefficient (Wildman–Crippen LogP) is 2.04. The van der Waals surface area contributed by atoms with Crippen molar-refractivity contribution in [2.75, 3.05) is 0 Å². The zero-order valence-corrected chi connectivity index (χ0v) is 13.8. The molecule has 23 heavy (non-hydrogen) atoms. The van der Waals surface area contributed by atoms with Gasteiger partial charge in [0.2, 0.25) is 5.52 Å². The van der Waals surface area contributed by atoms with Crippen LogP contribution in [0.5, 0.6) is 0 Å². The van der Waals surface area contributed by atoms with Gasteiger partial charge in [-0.3, -0.25) is 0 Å². The highest BCUT2D eigenvalue weighted by atomic mass is 35.5. The monoisotopic (exact) mass is 319 g/mol. The average molecular weight is 320 g/mol. The number of H-pyrrole nitrogens is 1. The summed E-state index contributed by atoms with van der Waals surface area (Å²) in [5.74, 6) is 0. The Labute approximate surface area is 142 Å². The Kier molecular flexibility index (Phi) is 4.31. The van der Waals surface area contributed by atoms with Gasteiger partial charge >= 0.3 is 0 Å². The topological polar surface area (TPSA) is 14.1 Å². The number of hydrogen-bond acceptors (Lipinski definition) is 0. The fraction of sp³-hybridized carbons (Fsp3) is 0.0952. The number of rotatable bonds is 2. The molecule has 4 rings (SSSR count). The molecule has 0 bridgehead atoms. The lowest BCUT2D eigenvalue weighted by atomic mass is 9.91. The van der Waals surface area contributed by atoms with Crippen LogP contribution in [-0.4, -0.2) is 0 Å². The fourth-order valence-electron chi connectivity index (χ4n) is 3.34. The summed E-state index contributed by atoms with van der Waals surface area (Å²) in [4.78, 5) is 3.40. The van der Waals surface area contributed by atoms with Gasteiger partial charge in [0.05, 0.1) is 5.39 Å². The molecule has 0 aliphatic rings. The molecule has 0 amide bonds. The first-order chi connectivity index (χ1) is 10.9. The van der Waals surface area contributed by atoms with Crippen molar-refractivity contribution in [2.24, 2.45) is 0 Å². The molecule has 1 aromatic heterocycles. The minimum atomic E-state index is 0. The first-order valence-corrected chi connectivity index (χ1v) is 7.79. The van der Waals surface area contributed by atoms with Crippen molar-refractivity contribution in [1.29, 1.82) is 0 Å².